The Morgan fingerprint density at radius 1 is 1.10 bits per heavy atom. The van der Waals surface area contributed by atoms with Crippen LogP contribution in [-0.4, -0.2) is 48.3 Å². The lowest BCUT2D eigenvalue weighted by Gasteiger charge is -2.05. The van der Waals surface area contributed by atoms with Gasteiger partial charge in [0.1, 0.15) is 15.8 Å². The lowest BCUT2D eigenvalue weighted by atomic mass is 10.2. The Bertz CT molecular complexity index is 1160. The summed E-state index contributed by atoms with van der Waals surface area (Å²) in [7, 11) is 0. The van der Waals surface area contributed by atoms with E-state index in [0.29, 0.717) is 28.2 Å². The Hall–Kier alpha value is -3.05. The zero-order valence-electron chi connectivity index (χ0n) is 16.4. The molecule has 1 aromatic carbocycles. The van der Waals surface area contributed by atoms with Gasteiger partial charge >= 0.3 is 0 Å². The van der Waals surface area contributed by atoms with Crippen molar-refractivity contribution in [1.29, 1.82) is 0 Å². The molecule has 0 atom stereocenters. The molecule has 1 amide bonds. The van der Waals surface area contributed by atoms with Gasteiger partial charge in [-0.1, -0.05) is 30.0 Å². The monoisotopic (exact) mass is 441 g/mol. The second-order valence-corrected chi connectivity index (χ2v) is 8.17. The second kappa shape index (κ2) is 9.18. The van der Waals surface area contributed by atoms with E-state index in [1.54, 1.807) is 4.52 Å². The first-order valence-corrected chi connectivity index (χ1v) is 11.2. The average Bonchev–Trinajstić information content (AvgIpc) is 3.39. The minimum atomic E-state index is -0.156. The maximum absolute atomic E-state index is 12.2. The number of hydrogen-bond donors (Lipinski definition) is 1. The van der Waals surface area contributed by atoms with Crippen molar-refractivity contribution in [2.45, 2.75) is 25.3 Å². The summed E-state index contributed by atoms with van der Waals surface area (Å²) in [6, 6.07) is 11.3. The number of anilines is 1. The summed E-state index contributed by atoms with van der Waals surface area (Å²) in [6.07, 6.45) is 0.794. The Labute approximate surface area is 180 Å². The lowest BCUT2D eigenvalue weighted by molar-refractivity contribution is -0.113. The number of fused-ring (bicyclic) bond motifs is 1. The van der Waals surface area contributed by atoms with Gasteiger partial charge in [0.05, 0.1) is 12.4 Å². The van der Waals surface area contributed by atoms with Crippen LogP contribution in [0.5, 0.6) is 5.75 Å². The molecule has 0 aliphatic heterocycles. The number of carbonyl (C=O) groups excluding carboxylic acids is 1. The fraction of sp³-hybridized carbons (Fsp3) is 0.263. The zero-order chi connectivity index (χ0) is 20.9. The Morgan fingerprint density at radius 2 is 1.93 bits per heavy atom. The molecule has 0 fully saturated rings. The Morgan fingerprint density at radius 3 is 2.67 bits per heavy atom. The Kier molecular flexibility index (Phi) is 6.19. The molecule has 1 N–H and O–H groups in total. The number of carbonyl (C=O) groups is 1. The normalized spacial score (nSPS) is 11.0. The number of nitrogens with zero attached hydrogens (tertiary/aromatic N) is 6. The van der Waals surface area contributed by atoms with Gasteiger partial charge in [-0.25, -0.2) is 0 Å². The van der Waals surface area contributed by atoms with Crippen molar-refractivity contribution in [3.63, 3.8) is 0 Å². The van der Waals surface area contributed by atoms with E-state index in [4.69, 9.17) is 4.74 Å². The van der Waals surface area contributed by atoms with E-state index in [0.717, 1.165) is 22.7 Å². The van der Waals surface area contributed by atoms with Crippen LogP contribution in [0.1, 0.15) is 18.9 Å². The van der Waals surface area contributed by atoms with Crippen LogP contribution in [-0.2, 0) is 11.2 Å². The quantitative estimate of drug-likeness (QED) is 0.415. The van der Waals surface area contributed by atoms with Crippen molar-refractivity contribution < 1.29 is 9.53 Å². The molecule has 3 aromatic heterocycles. The first kappa shape index (κ1) is 20.2. The van der Waals surface area contributed by atoms with Crippen molar-refractivity contribution in [3.8, 4) is 17.1 Å². The fourth-order valence-electron chi connectivity index (χ4n) is 2.64. The van der Waals surface area contributed by atoms with Gasteiger partial charge in [-0.2, -0.15) is 9.61 Å². The van der Waals surface area contributed by atoms with Crippen LogP contribution in [0, 0.1) is 0 Å². The van der Waals surface area contributed by atoms with Gasteiger partial charge in [0.15, 0.2) is 11.5 Å². The van der Waals surface area contributed by atoms with Crippen LogP contribution in [0.3, 0.4) is 0 Å². The molecule has 4 rings (SSSR count). The molecular weight excluding hydrogens is 422 g/mol. The van der Waals surface area contributed by atoms with Gasteiger partial charge < -0.3 is 4.74 Å². The number of aromatic nitrogens is 6. The largest absolute Gasteiger partial charge is 0.494 e. The molecule has 0 aliphatic rings. The van der Waals surface area contributed by atoms with Crippen LogP contribution in [0.2, 0.25) is 0 Å². The highest BCUT2D eigenvalue weighted by atomic mass is 32.2. The molecule has 4 aromatic rings. The minimum absolute atomic E-state index is 0.156. The van der Waals surface area contributed by atoms with E-state index in [1.807, 2.05) is 50.2 Å². The average molecular weight is 442 g/mol. The van der Waals surface area contributed by atoms with Gasteiger partial charge in [0.2, 0.25) is 11.0 Å². The molecule has 0 saturated carbocycles. The molecule has 30 heavy (non-hydrogen) atoms. The predicted octanol–water partition coefficient (Wildman–Crippen LogP) is 3.33. The standard InChI is InChI=1S/C19H19N7O2S2/c1-3-16-22-24-19(30-16)20-15(27)11-29-17-10-9-14-21-23-18(26(14)25-17)12-5-7-13(8-6-12)28-4-2/h5-10H,3-4,11H2,1-2H3,(H,20,24,27). The van der Waals surface area contributed by atoms with Crippen molar-refractivity contribution >= 4 is 39.8 Å². The van der Waals surface area contributed by atoms with Gasteiger partial charge in [-0.05, 0) is 49.7 Å². The van der Waals surface area contributed by atoms with E-state index in [-0.39, 0.29) is 11.7 Å². The summed E-state index contributed by atoms with van der Waals surface area (Å²) in [5.41, 5.74) is 1.51. The van der Waals surface area contributed by atoms with Crippen molar-refractivity contribution in [2.24, 2.45) is 0 Å². The van der Waals surface area contributed by atoms with Gasteiger partial charge in [-0.15, -0.1) is 20.4 Å². The fourth-order valence-corrected chi connectivity index (χ4v) is 3.99. The van der Waals surface area contributed by atoms with E-state index < -0.39 is 0 Å². The van der Waals surface area contributed by atoms with E-state index in [1.165, 1.54) is 23.1 Å². The summed E-state index contributed by atoms with van der Waals surface area (Å²) in [5, 5.41) is 25.8. The molecule has 0 aliphatic carbocycles. The number of thioether (sulfide) groups is 1. The maximum Gasteiger partial charge on any atom is 0.236 e. The maximum atomic E-state index is 12.2. The van der Waals surface area contributed by atoms with E-state index >= 15 is 0 Å². The summed E-state index contributed by atoms with van der Waals surface area (Å²) >= 11 is 2.71. The van der Waals surface area contributed by atoms with E-state index in [9.17, 15) is 4.79 Å². The molecule has 0 saturated heterocycles. The highest BCUT2D eigenvalue weighted by Gasteiger charge is 2.12. The summed E-state index contributed by atoms with van der Waals surface area (Å²) < 4.78 is 7.16. The third-order valence-corrected chi connectivity index (χ3v) is 5.93. The van der Waals surface area contributed by atoms with Crippen LogP contribution < -0.4 is 10.1 Å². The summed E-state index contributed by atoms with van der Waals surface area (Å²) in [5.74, 6) is 1.48. The lowest BCUT2D eigenvalue weighted by Crippen LogP contribution is -2.14. The topological polar surface area (TPSA) is 107 Å². The van der Waals surface area contributed by atoms with Crippen molar-refractivity contribution in [2.75, 3.05) is 17.7 Å². The summed E-state index contributed by atoms with van der Waals surface area (Å²) in [6.45, 7) is 4.55. The van der Waals surface area contributed by atoms with Crippen LogP contribution >= 0.6 is 23.1 Å². The van der Waals surface area contributed by atoms with Gasteiger partial charge in [0, 0.05) is 5.56 Å². The van der Waals surface area contributed by atoms with Crippen LogP contribution in [0.15, 0.2) is 41.4 Å². The number of nitrogens with one attached hydrogen (secondary N) is 1. The minimum Gasteiger partial charge on any atom is -0.494 e. The molecule has 0 bridgehead atoms. The first-order valence-electron chi connectivity index (χ1n) is 9.37. The molecule has 11 heteroatoms. The first-order chi connectivity index (χ1) is 14.7. The zero-order valence-corrected chi connectivity index (χ0v) is 18.0. The third kappa shape index (κ3) is 4.57. The summed E-state index contributed by atoms with van der Waals surface area (Å²) in [4.78, 5) is 12.2. The molecule has 3 heterocycles. The Balaban J connectivity index is 1.46. The van der Waals surface area contributed by atoms with Gasteiger partial charge in [0.25, 0.3) is 0 Å². The third-order valence-electron chi connectivity index (χ3n) is 4.03. The number of ether oxygens (including phenoxy) is 1. The molecular formula is C19H19N7O2S2. The molecule has 9 nitrogen and oxygen atoms in total. The molecule has 0 radical (unpaired) electrons. The highest BCUT2D eigenvalue weighted by Crippen LogP contribution is 2.23. The van der Waals surface area contributed by atoms with Gasteiger partial charge in [-0.3, -0.25) is 10.1 Å². The number of aryl methyl sites for hydroxylation is 1. The van der Waals surface area contributed by atoms with E-state index in [2.05, 4.69) is 30.8 Å². The second-order valence-electron chi connectivity index (χ2n) is 6.11. The van der Waals surface area contributed by atoms with Crippen LogP contribution in [0.25, 0.3) is 17.0 Å². The molecule has 0 spiro atoms. The van der Waals surface area contributed by atoms with Crippen LogP contribution in [0.4, 0.5) is 5.13 Å². The number of hydrogen-bond acceptors (Lipinski definition) is 9. The highest BCUT2D eigenvalue weighted by molar-refractivity contribution is 7.99. The molecule has 0 unspecified atom stereocenters. The molecule has 154 valence electrons. The predicted molar refractivity (Wildman–Crippen MR) is 116 cm³/mol. The van der Waals surface area contributed by atoms with Crippen molar-refractivity contribution in [1.82, 2.24) is 30.0 Å². The SMILES string of the molecule is CCOc1ccc(-c2nnc3ccc(SCC(=O)Nc4nnc(CC)s4)nn23)cc1. The van der Waals surface area contributed by atoms with Crippen molar-refractivity contribution in [3.05, 3.63) is 41.4 Å². The number of benzene rings is 1. The number of rotatable bonds is 8. The smallest absolute Gasteiger partial charge is 0.236 e. The number of amides is 1.